The Morgan fingerprint density at radius 1 is 1.29 bits per heavy atom. The molecule has 0 amide bonds. The van der Waals surface area contributed by atoms with E-state index in [0.29, 0.717) is 11.0 Å². The van der Waals surface area contributed by atoms with Crippen molar-refractivity contribution in [3.8, 4) is 0 Å². The average molecular weight is 241 g/mol. The van der Waals surface area contributed by atoms with Gasteiger partial charge in [0.05, 0.1) is 0 Å². The van der Waals surface area contributed by atoms with Crippen molar-refractivity contribution in [1.29, 1.82) is 0 Å². The van der Waals surface area contributed by atoms with E-state index in [1.54, 1.807) is 0 Å². The number of piperazine rings is 1. The maximum atomic E-state index is 3.34. The van der Waals surface area contributed by atoms with Gasteiger partial charge in [0.2, 0.25) is 0 Å². The van der Waals surface area contributed by atoms with Crippen molar-refractivity contribution in [2.45, 2.75) is 39.7 Å². The molecule has 0 aromatic rings. The number of nitrogens with zero attached hydrogens (tertiary/aromatic N) is 2. The highest BCUT2D eigenvalue weighted by Crippen LogP contribution is 2.25. The zero-order chi connectivity index (χ0) is 13.1. The van der Waals surface area contributed by atoms with Gasteiger partial charge in [-0.3, -0.25) is 9.80 Å². The van der Waals surface area contributed by atoms with Gasteiger partial charge in [-0.2, -0.15) is 0 Å². The molecule has 1 fully saturated rings. The van der Waals surface area contributed by atoms with Crippen LogP contribution in [0.2, 0.25) is 0 Å². The third-order valence-electron chi connectivity index (χ3n) is 4.46. The topological polar surface area (TPSA) is 18.5 Å². The fourth-order valence-electron chi connectivity index (χ4n) is 2.74. The van der Waals surface area contributed by atoms with Crippen LogP contribution in [-0.4, -0.2) is 62.2 Å². The molecule has 1 rings (SSSR count). The molecule has 1 saturated heterocycles. The van der Waals surface area contributed by atoms with Crippen LogP contribution in [0.15, 0.2) is 0 Å². The third-order valence-corrected chi connectivity index (χ3v) is 4.46. The summed E-state index contributed by atoms with van der Waals surface area (Å²) in [6.45, 7) is 15.3. The van der Waals surface area contributed by atoms with Gasteiger partial charge in [-0.05, 0) is 39.8 Å². The first-order valence-electron chi connectivity index (χ1n) is 6.91. The summed E-state index contributed by atoms with van der Waals surface area (Å²) in [5, 5.41) is 3.34. The van der Waals surface area contributed by atoms with Gasteiger partial charge in [0.1, 0.15) is 0 Å². The van der Waals surface area contributed by atoms with Crippen LogP contribution in [0.1, 0.15) is 34.1 Å². The quantitative estimate of drug-likeness (QED) is 0.789. The number of hydrogen-bond acceptors (Lipinski definition) is 3. The summed E-state index contributed by atoms with van der Waals surface area (Å²) in [6.07, 6.45) is 1.24. The molecule has 102 valence electrons. The predicted molar refractivity (Wildman–Crippen MR) is 75.5 cm³/mol. The van der Waals surface area contributed by atoms with Crippen LogP contribution in [0.5, 0.6) is 0 Å². The summed E-state index contributed by atoms with van der Waals surface area (Å²) in [7, 11) is 4.30. The van der Waals surface area contributed by atoms with Crippen LogP contribution in [0, 0.1) is 5.41 Å². The Balaban J connectivity index is 2.57. The Labute approximate surface area is 108 Å². The van der Waals surface area contributed by atoms with E-state index >= 15 is 0 Å². The van der Waals surface area contributed by atoms with Gasteiger partial charge in [0, 0.05) is 38.3 Å². The van der Waals surface area contributed by atoms with Gasteiger partial charge in [-0.25, -0.2) is 0 Å². The van der Waals surface area contributed by atoms with Crippen LogP contribution < -0.4 is 5.32 Å². The second-order valence-electron chi connectivity index (χ2n) is 6.64. The highest BCUT2D eigenvalue weighted by Gasteiger charge is 2.34. The molecule has 1 aliphatic rings. The molecule has 3 nitrogen and oxygen atoms in total. The van der Waals surface area contributed by atoms with E-state index in [-0.39, 0.29) is 0 Å². The summed E-state index contributed by atoms with van der Waals surface area (Å²) < 4.78 is 0. The maximum Gasteiger partial charge on any atom is 0.0277 e. The zero-order valence-corrected chi connectivity index (χ0v) is 12.6. The first-order chi connectivity index (χ1) is 7.83. The third kappa shape index (κ3) is 3.94. The van der Waals surface area contributed by atoms with Crippen molar-refractivity contribution >= 4 is 0 Å². The van der Waals surface area contributed by atoms with Crippen molar-refractivity contribution in [2.24, 2.45) is 5.41 Å². The fourth-order valence-corrected chi connectivity index (χ4v) is 2.74. The monoisotopic (exact) mass is 241 g/mol. The van der Waals surface area contributed by atoms with Crippen molar-refractivity contribution in [2.75, 3.05) is 46.8 Å². The second kappa shape index (κ2) is 5.68. The lowest BCUT2D eigenvalue weighted by atomic mass is 9.85. The standard InChI is InChI=1S/C14H31N3/c1-7-14(4,10-15-5)12-17-9-8-16(6)13(2,3)11-17/h15H,7-12H2,1-6H3. The lowest BCUT2D eigenvalue weighted by Crippen LogP contribution is -2.59. The van der Waals surface area contributed by atoms with Crippen molar-refractivity contribution in [1.82, 2.24) is 15.1 Å². The van der Waals surface area contributed by atoms with E-state index in [9.17, 15) is 0 Å². The second-order valence-corrected chi connectivity index (χ2v) is 6.64. The molecule has 0 bridgehead atoms. The molecule has 1 N–H and O–H groups in total. The number of likely N-dealkylation sites (N-methyl/N-ethyl adjacent to an activating group) is 1. The molecule has 1 aliphatic heterocycles. The fraction of sp³-hybridized carbons (Fsp3) is 1.00. The molecular weight excluding hydrogens is 210 g/mol. The van der Waals surface area contributed by atoms with Gasteiger partial charge in [-0.1, -0.05) is 13.8 Å². The van der Waals surface area contributed by atoms with E-state index in [0.717, 1.165) is 6.54 Å². The normalized spacial score (nSPS) is 25.8. The summed E-state index contributed by atoms with van der Waals surface area (Å²) in [5.74, 6) is 0. The van der Waals surface area contributed by atoms with Crippen LogP contribution in [0.4, 0.5) is 0 Å². The van der Waals surface area contributed by atoms with Crippen LogP contribution in [0.3, 0.4) is 0 Å². The van der Waals surface area contributed by atoms with E-state index < -0.39 is 0 Å². The summed E-state index contributed by atoms with van der Waals surface area (Å²) >= 11 is 0. The van der Waals surface area contributed by atoms with Gasteiger partial charge in [0.15, 0.2) is 0 Å². The Hall–Kier alpha value is -0.120. The van der Waals surface area contributed by atoms with Gasteiger partial charge < -0.3 is 5.32 Å². The largest absolute Gasteiger partial charge is 0.319 e. The van der Waals surface area contributed by atoms with E-state index in [1.165, 1.54) is 32.6 Å². The predicted octanol–water partition coefficient (Wildman–Crippen LogP) is 1.65. The first kappa shape index (κ1) is 14.9. The van der Waals surface area contributed by atoms with Crippen molar-refractivity contribution in [3.63, 3.8) is 0 Å². The molecule has 1 unspecified atom stereocenters. The molecular formula is C14H31N3. The minimum absolute atomic E-state index is 0.312. The van der Waals surface area contributed by atoms with Crippen LogP contribution in [0.25, 0.3) is 0 Å². The maximum absolute atomic E-state index is 3.34. The molecule has 0 saturated carbocycles. The lowest BCUT2D eigenvalue weighted by Gasteiger charge is -2.47. The van der Waals surface area contributed by atoms with Crippen molar-refractivity contribution in [3.05, 3.63) is 0 Å². The van der Waals surface area contributed by atoms with Crippen LogP contribution >= 0.6 is 0 Å². The highest BCUT2D eigenvalue weighted by atomic mass is 15.3. The average Bonchev–Trinajstić information content (AvgIpc) is 2.23. The van der Waals surface area contributed by atoms with Crippen molar-refractivity contribution < 1.29 is 0 Å². The first-order valence-corrected chi connectivity index (χ1v) is 6.91. The Morgan fingerprint density at radius 2 is 1.94 bits per heavy atom. The Kier molecular flexibility index (Phi) is 4.99. The van der Waals surface area contributed by atoms with E-state index in [1.807, 2.05) is 0 Å². The molecule has 0 aromatic heterocycles. The lowest BCUT2D eigenvalue weighted by molar-refractivity contribution is 0.0183. The molecule has 17 heavy (non-hydrogen) atoms. The van der Waals surface area contributed by atoms with E-state index in [4.69, 9.17) is 0 Å². The minimum Gasteiger partial charge on any atom is -0.319 e. The van der Waals surface area contributed by atoms with Crippen LogP contribution in [-0.2, 0) is 0 Å². The molecule has 0 aromatic carbocycles. The smallest absolute Gasteiger partial charge is 0.0277 e. The molecule has 3 heteroatoms. The molecule has 0 radical (unpaired) electrons. The SMILES string of the molecule is CCC(C)(CNC)CN1CCN(C)C(C)(C)C1. The minimum atomic E-state index is 0.312. The summed E-state index contributed by atoms with van der Waals surface area (Å²) in [4.78, 5) is 5.12. The zero-order valence-electron chi connectivity index (χ0n) is 12.6. The summed E-state index contributed by atoms with van der Waals surface area (Å²) in [5.41, 5.74) is 0.716. The highest BCUT2D eigenvalue weighted by molar-refractivity contribution is 4.90. The molecule has 0 aliphatic carbocycles. The summed E-state index contributed by atoms with van der Waals surface area (Å²) in [6, 6.07) is 0. The molecule has 1 atom stereocenters. The molecule has 1 heterocycles. The Morgan fingerprint density at radius 3 is 2.41 bits per heavy atom. The Bertz CT molecular complexity index is 240. The van der Waals surface area contributed by atoms with E-state index in [2.05, 4.69) is 56.9 Å². The number of rotatable bonds is 5. The van der Waals surface area contributed by atoms with Gasteiger partial charge in [-0.15, -0.1) is 0 Å². The van der Waals surface area contributed by atoms with Gasteiger partial charge >= 0.3 is 0 Å². The molecule has 0 spiro atoms. The van der Waals surface area contributed by atoms with Gasteiger partial charge in [0.25, 0.3) is 0 Å². The number of hydrogen-bond donors (Lipinski definition) is 1. The number of nitrogens with one attached hydrogen (secondary N) is 1.